The van der Waals surface area contributed by atoms with Gasteiger partial charge in [-0.1, -0.05) is 44.0 Å². The average molecular weight is 473 g/mol. The molecule has 1 fully saturated rings. The third kappa shape index (κ3) is 4.03. The van der Waals surface area contributed by atoms with Crippen LogP contribution in [-0.2, 0) is 0 Å². The summed E-state index contributed by atoms with van der Waals surface area (Å²) in [4.78, 5) is 15.6. The van der Waals surface area contributed by atoms with Gasteiger partial charge in [0.2, 0.25) is 0 Å². The van der Waals surface area contributed by atoms with Gasteiger partial charge in [0.1, 0.15) is 22.8 Å². The largest absolute Gasteiger partial charge is 0.467 e. The van der Waals surface area contributed by atoms with Crippen LogP contribution in [0, 0.1) is 29.4 Å². The van der Waals surface area contributed by atoms with Crippen molar-refractivity contribution in [2.75, 3.05) is 25.1 Å². The number of methoxy groups -OCH3 is 1. The molecule has 7 heteroatoms. The molecule has 1 saturated heterocycles. The molecule has 0 atom stereocenters. The second-order valence-corrected chi connectivity index (χ2v) is 9.69. The predicted octanol–water partition coefficient (Wildman–Crippen LogP) is 6.13. The van der Waals surface area contributed by atoms with E-state index in [1.54, 1.807) is 24.4 Å². The molecule has 0 saturated carbocycles. The highest BCUT2D eigenvalue weighted by Crippen LogP contribution is 2.38. The van der Waals surface area contributed by atoms with E-state index in [1.165, 1.54) is 13.2 Å². The van der Waals surface area contributed by atoms with E-state index in [2.05, 4.69) is 39.6 Å². The zero-order valence-corrected chi connectivity index (χ0v) is 20.0. The highest BCUT2D eigenvalue weighted by molar-refractivity contribution is 6.02. The van der Waals surface area contributed by atoms with E-state index in [9.17, 15) is 4.39 Å². The Labute approximate surface area is 203 Å². The minimum absolute atomic E-state index is 0.0499. The van der Waals surface area contributed by atoms with Crippen molar-refractivity contribution in [3.8, 4) is 29.6 Å². The molecule has 1 aliphatic heterocycles. The summed E-state index contributed by atoms with van der Waals surface area (Å²) in [6.07, 6.45) is 10.3. The van der Waals surface area contributed by atoms with E-state index < -0.39 is 11.6 Å². The van der Waals surface area contributed by atoms with Crippen LogP contribution in [-0.4, -0.2) is 35.2 Å². The minimum atomic E-state index is -0.626. The van der Waals surface area contributed by atoms with Crippen molar-refractivity contribution < 1.29 is 13.5 Å². The van der Waals surface area contributed by atoms with Crippen LogP contribution in [0.5, 0.6) is 6.01 Å². The molecule has 0 N–H and O–H groups in total. The molecule has 0 radical (unpaired) electrons. The Kier molecular flexibility index (Phi) is 5.76. The lowest BCUT2D eigenvalue weighted by Gasteiger charge is -2.25. The molecule has 0 amide bonds. The molecule has 2 aromatic heterocycles. The Bertz CT molecular complexity index is 1490. The molecular weight excluding hydrogens is 446 g/mol. The monoisotopic (exact) mass is 472 g/mol. The van der Waals surface area contributed by atoms with Gasteiger partial charge >= 0.3 is 6.01 Å². The van der Waals surface area contributed by atoms with E-state index in [0.29, 0.717) is 27.5 Å². The summed E-state index contributed by atoms with van der Waals surface area (Å²) in [6, 6.07) is 8.29. The first-order chi connectivity index (χ1) is 16.8. The van der Waals surface area contributed by atoms with Gasteiger partial charge in [-0.3, -0.25) is 4.98 Å². The lowest BCUT2D eigenvalue weighted by Crippen LogP contribution is -2.26. The van der Waals surface area contributed by atoms with Gasteiger partial charge in [-0.05, 0) is 36.1 Å². The number of terminal acetylenes is 1. The van der Waals surface area contributed by atoms with Gasteiger partial charge in [-0.2, -0.15) is 9.97 Å². The molecule has 5 nitrogen and oxygen atoms in total. The van der Waals surface area contributed by atoms with Crippen LogP contribution < -0.4 is 9.64 Å². The van der Waals surface area contributed by atoms with E-state index in [0.717, 1.165) is 32.4 Å². The lowest BCUT2D eigenvalue weighted by molar-refractivity contribution is 0.325. The summed E-state index contributed by atoms with van der Waals surface area (Å²) < 4.78 is 36.0. The number of ether oxygens (including phenoxy) is 1. The fourth-order valence-corrected chi connectivity index (χ4v) is 4.87. The molecule has 3 heterocycles. The maximum absolute atomic E-state index is 16.1. The number of hydrogen-bond acceptors (Lipinski definition) is 5. The third-order valence-corrected chi connectivity index (χ3v) is 6.86. The van der Waals surface area contributed by atoms with Crippen molar-refractivity contribution in [3.63, 3.8) is 0 Å². The highest BCUT2D eigenvalue weighted by Gasteiger charge is 2.27. The summed E-state index contributed by atoms with van der Waals surface area (Å²) >= 11 is 0. The summed E-state index contributed by atoms with van der Waals surface area (Å²) in [5.74, 6) is 1.85. The first kappa shape index (κ1) is 23.0. The molecule has 1 aliphatic rings. The fourth-order valence-electron chi connectivity index (χ4n) is 4.87. The number of benzene rings is 2. The number of fused-ring (bicyclic) bond motifs is 2. The SMILES string of the molecule is C#Cc1c(F)ccc2cccc(-c3ncc4c(N5CCCC(C)(C)CC5)nc(OC)nc4c3F)c12. The molecule has 5 rings (SSSR count). The zero-order chi connectivity index (χ0) is 24.7. The topological polar surface area (TPSA) is 51.1 Å². The number of rotatable bonds is 3. The van der Waals surface area contributed by atoms with Gasteiger partial charge in [0.25, 0.3) is 0 Å². The smallest absolute Gasteiger partial charge is 0.318 e. The van der Waals surface area contributed by atoms with Gasteiger partial charge in [-0.25, -0.2) is 8.78 Å². The van der Waals surface area contributed by atoms with Crippen LogP contribution >= 0.6 is 0 Å². The summed E-state index contributed by atoms with van der Waals surface area (Å²) in [5, 5.41) is 1.65. The number of hydrogen-bond donors (Lipinski definition) is 0. The van der Waals surface area contributed by atoms with E-state index in [-0.39, 0.29) is 28.2 Å². The fraction of sp³-hybridized carbons (Fsp3) is 0.321. The van der Waals surface area contributed by atoms with Gasteiger partial charge in [0.05, 0.1) is 18.1 Å². The van der Waals surface area contributed by atoms with Crippen molar-refractivity contribution >= 4 is 27.5 Å². The van der Waals surface area contributed by atoms with Crippen molar-refractivity contribution in [1.82, 2.24) is 15.0 Å². The Balaban J connectivity index is 1.72. The number of pyridine rings is 1. The summed E-state index contributed by atoms with van der Waals surface area (Å²) in [6.45, 7) is 6.12. The third-order valence-electron chi connectivity index (χ3n) is 6.86. The quantitative estimate of drug-likeness (QED) is 0.336. The van der Waals surface area contributed by atoms with Crippen LogP contribution in [0.2, 0.25) is 0 Å². The molecule has 0 unspecified atom stereocenters. The molecule has 0 spiro atoms. The van der Waals surface area contributed by atoms with E-state index in [1.807, 2.05) is 6.07 Å². The Morgan fingerprint density at radius 2 is 1.91 bits per heavy atom. The van der Waals surface area contributed by atoms with Crippen molar-refractivity contribution in [1.29, 1.82) is 0 Å². The molecular formula is C28H26F2N4O. The Hall–Kier alpha value is -3.79. The first-order valence-electron chi connectivity index (χ1n) is 11.7. The summed E-state index contributed by atoms with van der Waals surface area (Å²) in [5.41, 5.74) is 0.874. The molecule has 35 heavy (non-hydrogen) atoms. The van der Waals surface area contributed by atoms with Crippen LogP contribution in [0.15, 0.2) is 36.5 Å². The number of anilines is 1. The van der Waals surface area contributed by atoms with Crippen molar-refractivity contribution in [2.24, 2.45) is 5.41 Å². The van der Waals surface area contributed by atoms with Crippen LogP contribution in [0.1, 0.15) is 38.7 Å². The van der Waals surface area contributed by atoms with E-state index >= 15 is 4.39 Å². The van der Waals surface area contributed by atoms with Gasteiger partial charge in [0, 0.05) is 30.2 Å². The molecule has 0 aliphatic carbocycles. The summed E-state index contributed by atoms with van der Waals surface area (Å²) in [7, 11) is 1.46. The average Bonchev–Trinajstić information content (AvgIpc) is 3.04. The van der Waals surface area contributed by atoms with Gasteiger partial charge < -0.3 is 9.64 Å². The molecule has 2 aromatic carbocycles. The molecule has 4 aromatic rings. The Morgan fingerprint density at radius 3 is 2.69 bits per heavy atom. The zero-order valence-electron chi connectivity index (χ0n) is 20.0. The number of halogens is 2. The Morgan fingerprint density at radius 1 is 1.09 bits per heavy atom. The highest BCUT2D eigenvalue weighted by atomic mass is 19.1. The van der Waals surface area contributed by atoms with E-state index in [4.69, 9.17) is 11.2 Å². The maximum Gasteiger partial charge on any atom is 0.318 e. The second kappa shape index (κ2) is 8.77. The molecule has 0 bridgehead atoms. The first-order valence-corrected chi connectivity index (χ1v) is 11.7. The van der Waals surface area contributed by atoms with Crippen LogP contribution in [0.4, 0.5) is 14.6 Å². The molecule has 178 valence electrons. The standard InChI is InChI=1S/C28H26F2N4O/c1-5-18-21(29)11-10-17-8-6-9-19(22(17)18)24-23(30)25-20(16-31-24)26(33-27(32-25)35-4)34-14-7-12-28(2,3)13-15-34/h1,6,8-11,16H,7,12-15H2,2-4H3. The maximum atomic E-state index is 16.1. The lowest BCUT2D eigenvalue weighted by atomic mass is 9.85. The normalized spacial score (nSPS) is 15.7. The van der Waals surface area contributed by atoms with Crippen LogP contribution in [0.3, 0.4) is 0 Å². The predicted molar refractivity (Wildman–Crippen MR) is 135 cm³/mol. The number of nitrogens with zero attached hydrogens (tertiary/aromatic N) is 4. The van der Waals surface area contributed by atoms with Gasteiger partial charge in [-0.15, -0.1) is 6.42 Å². The van der Waals surface area contributed by atoms with Crippen LogP contribution in [0.25, 0.3) is 32.9 Å². The van der Waals surface area contributed by atoms with Crippen molar-refractivity contribution in [2.45, 2.75) is 33.1 Å². The van der Waals surface area contributed by atoms with Gasteiger partial charge in [0.15, 0.2) is 5.82 Å². The van der Waals surface area contributed by atoms with Crippen molar-refractivity contribution in [3.05, 3.63) is 53.7 Å². The second-order valence-electron chi connectivity index (χ2n) is 9.69. The minimum Gasteiger partial charge on any atom is -0.467 e. The number of aromatic nitrogens is 3.